The van der Waals surface area contributed by atoms with Crippen LogP contribution in [0.25, 0.3) is 0 Å². The maximum absolute atomic E-state index is 12.4. The zero-order valence-corrected chi connectivity index (χ0v) is 15.4. The molecule has 1 saturated heterocycles. The fourth-order valence-corrected chi connectivity index (χ4v) is 4.14. The second-order valence-corrected chi connectivity index (χ2v) is 7.69. The van der Waals surface area contributed by atoms with Crippen molar-refractivity contribution in [2.45, 2.75) is 26.3 Å². The predicted molar refractivity (Wildman–Crippen MR) is 94.8 cm³/mol. The summed E-state index contributed by atoms with van der Waals surface area (Å²) in [7, 11) is 4.03. The number of rotatable bonds is 6. The van der Waals surface area contributed by atoms with Crippen LogP contribution < -0.4 is 0 Å². The summed E-state index contributed by atoms with van der Waals surface area (Å²) in [5.41, 5.74) is 4.03. The van der Waals surface area contributed by atoms with E-state index in [0.717, 1.165) is 43.9 Å². The molecule has 1 fully saturated rings. The molecule has 0 bridgehead atoms. The first-order valence-corrected chi connectivity index (χ1v) is 9.22. The van der Waals surface area contributed by atoms with E-state index in [0.29, 0.717) is 12.3 Å². The molecule has 1 aliphatic rings. The second kappa shape index (κ2) is 7.44. The van der Waals surface area contributed by atoms with Gasteiger partial charge in [0.2, 0.25) is 5.91 Å². The third-order valence-corrected chi connectivity index (χ3v) is 5.50. The molecular formula is C17H25N5OS. The Morgan fingerprint density at radius 2 is 2.33 bits per heavy atom. The number of aromatic nitrogens is 3. The zero-order chi connectivity index (χ0) is 17.1. The van der Waals surface area contributed by atoms with Crippen molar-refractivity contribution < 1.29 is 4.79 Å². The number of amides is 1. The van der Waals surface area contributed by atoms with Gasteiger partial charge < -0.3 is 9.80 Å². The summed E-state index contributed by atoms with van der Waals surface area (Å²) in [4.78, 5) is 22.4. The Kier molecular flexibility index (Phi) is 5.30. The summed E-state index contributed by atoms with van der Waals surface area (Å²) in [6.45, 7) is 5.76. The summed E-state index contributed by atoms with van der Waals surface area (Å²) in [6, 6.07) is 0. The average Bonchev–Trinajstić information content (AvgIpc) is 3.23. The predicted octanol–water partition coefficient (Wildman–Crippen LogP) is 1.71. The van der Waals surface area contributed by atoms with Gasteiger partial charge in [-0.25, -0.2) is 4.98 Å². The van der Waals surface area contributed by atoms with Gasteiger partial charge in [0.05, 0.1) is 23.8 Å². The molecule has 3 rings (SSSR count). The molecule has 0 N–H and O–H groups in total. The third-order valence-electron chi connectivity index (χ3n) is 4.58. The lowest BCUT2D eigenvalue weighted by Crippen LogP contribution is -2.32. The van der Waals surface area contributed by atoms with E-state index in [-0.39, 0.29) is 5.91 Å². The van der Waals surface area contributed by atoms with Gasteiger partial charge in [0.1, 0.15) is 0 Å². The number of carbonyl (C=O) groups is 1. The van der Waals surface area contributed by atoms with Gasteiger partial charge >= 0.3 is 0 Å². The number of aryl methyl sites for hydroxylation is 2. The second-order valence-electron chi connectivity index (χ2n) is 6.75. The Balaban J connectivity index is 1.46. The molecule has 1 unspecified atom stereocenters. The van der Waals surface area contributed by atoms with Crippen LogP contribution in [0.2, 0.25) is 0 Å². The van der Waals surface area contributed by atoms with Crippen LogP contribution in [-0.4, -0.2) is 57.2 Å². The van der Waals surface area contributed by atoms with Crippen molar-refractivity contribution in [3.8, 4) is 0 Å². The van der Waals surface area contributed by atoms with E-state index in [2.05, 4.69) is 29.0 Å². The van der Waals surface area contributed by atoms with E-state index in [1.807, 2.05) is 23.7 Å². The highest BCUT2D eigenvalue weighted by Gasteiger charge is 2.27. The van der Waals surface area contributed by atoms with Gasteiger partial charge in [0.15, 0.2) is 0 Å². The molecule has 1 amide bonds. The maximum Gasteiger partial charge on any atom is 0.227 e. The zero-order valence-electron chi connectivity index (χ0n) is 14.6. The molecule has 0 spiro atoms. The van der Waals surface area contributed by atoms with Crippen LogP contribution >= 0.6 is 11.3 Å². The summed E-state index contributed by atoms with van der Waals surface area (Å²) >= 11 is 1.72. The van der Waals surface area contributed by atoms with Gasteiger partial charge in [-0.1, -0.05) is 0 Å². The molecule has 1 atom stereocenters. The van der Waals surface area contributed by atoms with Crippen molar-refractivity contribution in [2.24, 2.45) is 13.0 Å². The highest BCUT2D eigenvalue weighted by Crippen LogP contribution is 2.20. The Labute approximate surface area is 147 Å². The largest absolute Gasteiger partial charge is 0.342 e. The molecule has 0 saturated carbocycles. The maximum atomic E-state index is 12.4. The summed E-state index contributed by atoms with van der Waals surface area (Å²) < 4.78 is 1.74. The van der Waals surface area contributed by atoms with Crippen molar-refractivity contribution in [1.29, 1.82) is 0 Å². The van der Waals surface area contributed by atoms with Gasteiger partial charge in [0.25, 0.3) is 0 Å². The van der Waals surface area contributed by atoms with Crippen molar-refractivity contribution >= 4 is 17.2 Å². The van der Waals surface area contributed by atoms with Gasteiger partial charge in [-0.3, -0.25) is 9.48 Å². The normalized spacial score (nSPS) is 17.8. The lowest BCUT2D eigenvalue weighted by atomic mass is 10.1. The van der Waals surface area contributed by atoms with Crippen LogP contribution in [0, 0.1) is 12.8 Å². The van der Waals surface area contributed by atoms with Gasteiger partial charge in [-0.2, -0.15) is 5.10 Å². The Morgan fingerprint density at radius 3 is 3.00 bits per heavy atom. The molecule has 0 aliphatic carbocycles. The van der Waals surface area contributed by atoms with Crippen molar-refractivity contribution in [1.82, 2.24) is 24.6 Å². The van der Waals surface area contributed by atoms with Gasteiger partial charge in [-0.15, -0.1) is 11.3 Å². The number of likely N-dealkylation sites (tertiary alicyclic amines) is 1. The van der Waals surface area contributed by atoms with Gasteiger partial charge in [0, 0.05) is 44.3 Å². The van der Waals surface area contributed by atoms with E-state index in [1.54, 1.807) is 22.2 Å². The number of thiazole rings is 1. The third kappa shape index (κ3) is 4.21. The standard InChI is InChI=1S/C17H25N5OS/c1-13-16(24-12-18-13)11-20(2)8-14-4-5-22(10-14)17(23)6-15-7-19-21(3)9-15/h7,9,12,14H,4-6,8,10-11H2,1-3H3. The molecule has 24 heavy (non-hydrogen) atoms. The van der Waals surface area contributed by atoms with E-state index in [4.69, 9.17) is 0 Å². The molecule has 1 aliphatic heterocycles. The molecule has 6 nitrogen and oxygen atoms in total. The van der Waals surface area contributed by atoms with Crippen molar-refractivity contribution in [2.75, 3.05) is 26.7 Å². The number of hydrogen-bond acceptors (Lipinski definition) is 5. The quantitative estimate of drug-likeness (QED) is 0.798. The van der Waals surface area contributed by atoms with Gasteiger partial charge in [-0.05, 0) is 31.9 Å². The highest BCUT2D eigenvalue weighted by molar-refractivity contribution is 7.09. The van der Waals surface area contributed by atoms with E-state index < -0.39 is 0 Å². The lowest BCUT2D eigenvalue weighted by Gasteiger charge is -2.21. The number of carbonyl (C=O) groups excluding carboxylic acids is 1. The van der Waals surface area contributed by atoms with E-state index in [1.165, 1.54) is 4.88 Å². The lowest BCUT2D eigenvalue weighted by molar-refractivity contribution is -0.129. The van der Waals surface area contributed by atoms with Crippen LogP contribution in [0.1, 0.15) is 22.6 Å². The number of nitrogens with zero attached hydrogens (tertiary/aromatic N) is 5. The molecule has 2 aromatic heterocycles. The minimum absolute atomic E-state index is 0.214. The first-order chi connectivity index (χ1) is 11.5. The first kappa shape index (κ1) is 17.1. The summed E-state index contributed by atoms with van der Waals surface area (Å²) in [5.74, 6) is 0.771. The fourth-order valence-electron chi connectivity index (χ4n) is 3.29. The highest BCUT2D eigenvalue weighted by atomic mass is 32.1. The van der Waals surface area contributed by atoms with E-state index in [9.17, 15) is 4.79 Å². The SMILES string of the molecule is Cc1ncsc1CN(C)CC1CCN(C(=O)Cc2cnn(C)c2)C1. The van der Waals surface area contributed by atoms with Crippen LogP contribution in [0.4, 0.5) is 0 Å². The van der Waals surface area contributed by atoms with Crippen LogP contribution in [-0.2, 0) is 24.8 Å². The Hall–Kier alpha value is -1.73. The molecule has 2 aromatic rings. The van der Waals surface area contributed by atoms with E-state index >= 15 is 0 Å². The topological polar surface area (TPSA) is 54.3 Å². The smallest absolute Gasteiger partial charge is 0.227 e. The van der Waals surface area contributed by atoms with Crippen LogP contribution in [0.5, 0.6) is 0 Å². The molecule has 7 heteroatoms. The molecule has 0 radical (unpaired) electrons. The fraction of sp³-hybridized carbons (Fsp3) is 0.588. The van der Waals surface area contributed by atoms with Crippen LogP contribution in [0.3, 0.4) is 0 Å². The molecule has 130 valence electrons. The number of hydrogen-bond donors (Lipinski definition) is 0. The Bertz CT molecular complexity index is 695. The molecule has 0 aromatic carbocycles. The minimum Gasteiger partial charge on any atom is -0.342 e. The Morgan fingerprint density at radius 1 is 1.50 bits per heavy atom. The summed E-state index contributed by atoms with van der Waals surface area (Å²) in [5, 5.41) is 4.13. The first-order valence-electron chi connectivity index (χ1n) is 8.34. The average molecular weight is 347 g/mol. The summed E-state index contributed by atoms with van der Waals surface area (Å²) in [6.07, 6.45) is 5.23. The monoisotopic (exact) mass is 347 g/mol. The molecular weight excluding hydrogens is 322 g/mol. The van der Waals surface area contributed by atoms with Crippen molar-refractivity contribution in [3.63, 3.8) is 0 Å². The van der Waals surface area contributed by atoms with Crippen LogP contribution in [0.15, 0.2) is 17.9 Å². The minimum atomic E-state index is 0.214. The molecule has 3 heterocycles. The van der Waals surface area contributed by atoms with Crippen molar-refractivity contribution in [3.05, 3.63) is 34.0 Å².